The highest BCUT2D eigenvalue weighted by Gasteiger charge is 2.57. The van der Waals surface area contributed by atoms with Crippen molar-refractivity contribution < 1.29 is 9.59 Å². The average molecular weight is 290 g/mol. The predicted molar refractivity (Wildman–Crippen MR) is 76.2 cm³/mol. The molecular formula is C13H24ClN3O2. The van der Waals surface area contributed by atoms with Crippen molar-refractivity contribution in [3.63, 3.8) is 0 Å². The van der Waals surface area contributed by atoms with Gasteiger partial charge in [-0.2, -0.15) is 0 Å². The van der Waals surface area contributed by atoms with Crippen LogP contribution >= 0.6 is 12.4 Å². The van der Waals surface area contributed by atoms with Crippen LogP contribution in [0.4, 0.5) is 0 Å². The highest BCUT2D eigenvalue weighted by Crippen LogP contribution is 2.58. The fourth-order valence-electron chi connectivity index (χ4n) is 2.81. The standard InChI is InChI=1S/C13H23N3O2.ClH/c1-2-5-15-11(17)9-16-12(18)10-8-13(10)3-6-14-7-4-13;/h10,14H,2-9H2,1H3,(H,15,17)(H,16,18);1H. The average Bonchev–Trinajstić information content (AvgIpc) is 3.08. The summed E-state index contributed by atoms with van der Waals surface area (Å²) in [5.74, 6) is 0.104. The number of piperidine rings is 1. The lowest BCUT2D eigenvalue weighted by molar-refractivity contribution is -0.127. The summed E-state index contributed by atoms with van der Waals surface area (Å²) in [5, 5.41) is 8.83. The Morgan fingerprint density at radius 1 is 1.26 bits per heavy atom. The zero-order valence-electron chi connectivity index (χ0n) is 11.5. The van der Waals surface area contributed by atoms with Gasteiger partial charge in [-0.15, -0.1) is 12.4 Å². The molecule has 19 heavy (non-hydrogen) atoms. The molecule has 2 aliphatic rings. The number of carbonyl (C=O) groups excluding carboxylic acids is 2. The summed E-state index contributed by atoms with van der Waals surface area (Å²) in [6.45, 7) is 4.82. The Bertz CT molecular complexity index is 330. The molecule has 1 saturated carbocycles. The number of amides is 2. The van der Waals surface area contributed by atoms with E-state index < -0.39 is 0 Å². The minimum atomic E-state index is -0.0924. The largest absolute Gasteiger partial charge is 0.355 e. The van der Waals surface area contributed by atoms with Crippen LogP contribution in [0.3, 0.4) is 0 Å². The van der Waals surface area contributed by atoms with Crippen molar-refractivity contribution in [3.05, 3.63) is 0 Å². The molecule has 1 saturated heterocycles. The maximum absolute atomic E-state index is 11.9. The first-order valence-electron chi connectivity index (χ1n) is 6.93. The van der Waals surface area contributed by atoms with Gasteiger partial charge in [-0.1, -0.05) is 6.92 Å². The molecule has 5 nitrogen and oxygen atoms in total. The van der Waals surface area contributed by atoms with Crippen molar-refractivity contribution in [2.75, 3.05) is 26.2 Å². The summed E-state index contributed by atoms with van der Waals surface area (Å²) in [5.41, 5.74) is 0.245. The van der Waals surface area contributed by atoms with Crippen LogP contribution in [0.5, 0.6) is 0 Å². The third-order valence-electron chi connectivity index (χ3n) is 4.10. The van der Waals surface area contributed by atoms with Crippen LogP contribution in [0, 0.1) is 11.3 Å². The van der Waals surface area contributed by atoms with Crippen molar-refractivity contribution in [2.24, 2.45) is 11.3 Å². The van der Waals surface area contributed by atoms with Gasteiger partial charge in [-0.05, 0) is 44.2 Å². The first-order valence-corrected chi connectivity index (χ1v) is 6.93. The van der Waals surface area contributed by atoms with Gasteiger partial charge in [-0.25, -0.2) is 0 Å². The highest BCUT2D eigenvalue weighted by molar-refractivity contribution is 5.87. The summed E-state index contributed by atoms with van der Waals surface area (Å²) in [6.07, 6.45) is 4.09. The van der Waals surface area contributed by atoms with Crippen LogP contribution < -0.4 is 16.0 Å². The van der Waals surface area contributed by atoms with E-state index in [4.69, 9.17) is 0 Å². The van der Waals surface area contributed by atoms with E-state index in [1.807, 2.05) is 6.92 Å². The SMILES string of the molecule is CCCNC(=O)CNC(=O)C1CC12CCNCC2.Cl. The van der Waals surface area contributed by atoms with Gasteiger partial charge in [-0.3, -0.25) is 9.59 Å². The Kier molecular flexibility index (Phi) is 6.07. The van der Waals surface area contributed by atoms with E-state index in [0.29, 0.717) is 6.54 Å². The molecule has 1 spiro atoms. The van der Waals surface area contributed by atoms with E-state index in [1.165, 1.54) is 0 Å². The van der Waals surface area contributed by atoms with Crippen molar-refractivity contribution in [1.29, 1.82) is 0 Å². The van der Waals surface area contributed by atoms with Crippen molar-refractivity contribution in [2.45, 2.75) is 32.6 Å². The summed E-state index contributed by atoms with van der Waals surface area (Å²) < 4.78 is 0. The minimum Gasteiger partial charge on any atom is -0.355 e. The monoisotopic (exact) mass is 289 g/mol. The molecule has 1 aliphatic heterocycles. The smallest absolute Gasteiger partial charge is 0.239 e. The lowest BCUT2D eigenvalue weighted by atomic mass is 9.92. The molecule has 0 aromatic rings. The normalized spacial score (nSPS) is 23.3. The zero-order valence-corrected chi connectivity index (χ0v) is 12.3. The molecule has 110 valence electrons. The Morgan fingerprint density at radius 3 is 2.58 bits per heavy atom. The fourth-order valence-corrected chi connectivity index (χ4v) is 2.81. The molecule has 2 amide bonds. The van der Waals surface area contributed by atoms with E-state index in [9.17, 15) is 9.59 Å². The maximum Gasteiger partial charge on any atom is 0.239 e. The second-order valence-corrected chi connectivity index (χ2v) is 5.44. The Balaban J connectivity index is 0.00000180. The quantitative estimate of drug-likeness (QED) is 0.688. The summed E-state index contributed by atoms with van der Waals surface area (Å²) in [6, 6.07) is 0. The van der Waals surface area contributed by atoms with Crippen LogP contribution in [0.25, 0.3) is 0 Å². The van der Waals surface area contributed by atoms with Crippen molar-refractivity contribution in [1.82, 2.24) is 16.0 Å². The minimum absolute atomic E-state index is 0. The van der Waals surface area contributed by atoms with Gasteiger partial charge in [0.05, 0.1) is 6.54 Å². The summed E-state index contributed by atoms with van der Waals surface area (Å²) >= 11 is 0. The van der Waals surface area contributed by atoms with Crippen LogP contribution in [-0.2, 0) is 9.59 Å². The first-order chi connectivity index (χ1) is 8.68. The fraction of sp³-hybridized carbons (Fsp3) is 0.846. The van der Waals surface area contributed by atoms with Gasteiger partial charge in [0, 0.05) is 12.5 Å². The molecule has 2 rings (SSSR count). The van der Waals surface area contributed by atoms with E-state index in [0.717, 1.165) is 38.8 Å². The van der Waals surface area contributed by atoms with Gasteiger partial charge in [0.1, 0.15) is 0 Å². The third kappa shape index (κ3) is 4.08. The number of halogens is 1. The van der Waals surface area contributed by atoms with Crippen LogP contribution in [0.15, 0.2) is 0 Å². The maximum atomic E-state index is 11.9. The molecule has 2 fully saturated rings. The lowest BCUT2D eigenvalue weighted by Crippen LogP contribution is -2.39. The molecular weight excluding hydrogens is 266 g/mol. The number of hydrogen-bond donors (Lipinski definition) is 3. The molecule has 1 unspecified atom stereocenters. The Hall–Kier alpha value is -0.810. The van der Waals surface area contributed by atoms with Crippen molar-refractivity contribution >= 4 is 24.2 Å². The second kappa shape index (κ2) is 7.10. The van der Waals surface area contributed by atoms with E-state index >= 15 is 0 Å². The van der Waals surface area contributed by atoms with E-state index in [-0.39, 0.29) is 42.1 Å². The van der Waals surface area contributed by atoms with Gasteiger partial charge in [0.25, 0.3) is 0 Å². The first kappa shape index (κ1) is 16.2. The van der Waals surface area contributed by atoms with Gasteiger partial charge in [0.2, 0.25) is 11.8 Å². The molecule has 1 aliphatic carbocycles. The number of rotatable bonds is 5. The number of hydrogen-bond acceptors (Lipinski definition) is 3. The summed E-state index contributed by atoms with van der Waals surface area (Å²) in [7, 11) is 0. The van der Waals surface area contributed by atoms with Crippen LogP contribution in [-0.4, -0.2) is 38.0 Å². The molecule has 1 heterocycles. The third-order valence-corrected chi connectivity index (χ3v) is 4.10. The number of carbonyl (C=O) groups is 2. The van der Waals surface area contributed by atoms with Crippen LogP contribution in [0.1, 0.15) is 32.6 Å². The second-order valence-electron chi connectivity index (χ2n) is 5.44. The molecule has 0 aromatic carbocycles. The zero-order chi connectivity index (χ0) is 13.0. The van der Waals surface area contributed by atoms with Gasteiger partial charge in [0.15, 0.2) is 0 Å². The van der Waals surface area contributed by atoms with E-state index in [1.54, 1.807) is 0 Å². The number of nitrogens with one attached hydrogen (secondary N) is 3. The molecule has 0 aromatic heterocycles. The van der Waals surface area contributed by atoms with Crippen LogP contribution in [0.2, 0.25) is 0 Å². The highest BCUT2D eigenvalue weighted by atomic mass is 35.5. The molecule has 3 N–H and O–H groups in total. The predicted octanol–water partition coefficient (Wildman–Crippen LogP) is 0.440. The molecule has 6 heteroatoms. The lowest BCUT2D eigenvalue weighted by Gasteiger charge is -2.23. The van der Waals surface area contributed by atoms with Gasteiger partial charge < -0.3 is 16.0 Å². The van der Waals surface area contributed by atoms with Gasteiger partial charge >= 0.3 is 0 Å². The Labute approximate surface area is 120 Å². The molecule has 1 atom stereocenters. The Morgan fingerprint density at radius 2 is 1.95 bits per heavy atom. The molecule has 0 radical (unpaired) electrons. The van der Waals surface area contributed by atoms with Crippen molar-refractivity contribution in [3.8, 4) is 0 Å². The van der Waals surface area contributed by atoms with E-state index in [2.05, 4.69) is 16.0 Å². The molecule has 0 bridgehead atoms. The summed E-state index contributed by atoms with van der Waals surface area (Å²) in [4.78, 5) is 23.3. The topological polar surface area (TPSA) is 70.2 Å².